The number of thiocarbonyl (C=S) groups is 1. The summed E-state index contributed by atoms with van der Waals surface area (Å²) in [7, 11) is 2.02. The molecule has 4 nitrogen and oxygen atoms in total. The van der Waals surface area contributed by atoms with Gasteiger partial charge in [-0.1, -0.05) is 12.2 Å². The molecule has 7 heteroatoms. The predicted molar refractivity (Wildman–Crippen MR) is 87.8 cm³/mol. The van der Waals surface area contributed by atoms with E-state index in [1.165, 1.54) is 18.2 Å². The summed E-state index contributed by atoms with van der Waals surface area (Å²) in [6.45, 7) is 1.62. The molecule has 2 rings (SSSR count). The van der Waals surface area contributed by atoms with E-state index in [1.54, 1.807) is 0 Å². The topological polar surface area (TPSA) is 58.4 Å². The number of carbonyl (C=O) groups excluding carboxylic acids is 1. The molecular formula is C14H17BrFN3OS. The van der Waals surface area contributed by atoms with Gasteiger partial charge in [-0.2, -0.15) is 0 Å². The molecule has 1 heterocycles. The minimum Gasteiger partial charge on any atom is -0.391 e. The number of nitrogens with zero attached hydrogens (tertiary/aromatic N) is 1. The molecule has 0 aromatic heterocycles. The highest BCUT2D eigenvalue weighted by Gasteiger charge is 2.38. The van der Waals surface area contributed by atoms with Crippen LogP contribution in [0.25, 0.3) is 0 Å². The number of nitrogens with two attached hydrogens (primary N) is 1. The molecule has 0 atom stereocenters. The highest BCUT2D eigenvalue weighted by atomic mass is 79.9. The molecule has 0 unspecified atom stereocenters. The Kier molecular flexibility index (Phi) is 4.95. The first-order valence-electron chi connectivity index (χ1n) is 6.60. The Morgan fingerprint density at radius 2 is 2.10 bits per heavy atom. The van der Waals surface area contributed by atoms with Gasteiger partial charge in [0.1, 0.15) is 5.82 Å². The minimum absolute atomic E-state index is 0.294. The van der Waals surface area contributed by atoms with Gasteiger partial charge in [-0.05, 0) is 54.0 Å². The van der Waals surface area contributed by atoms with Crippen LogP contribution in [0.15, 0.2) is 22.7 Å². The van der Waals surface area contributed by atoms with Crippen LogP contribution in [0.2, 0.25) is 0 Å². The van der Waals surface area contributed by atoms with Crippen molar-refractivity contribution in [2.75, 3.05) is 20.1 Å². The number of piperidine rings is 1. The summed E-state index contributed by atoms with van der Waals surface area (Å²) in [4.78, 5) is 14.9. The zero-order valence-electron chi connectivity index (χ0n) is 11.7. The molecule has 1 saturated heterocycles. The van der Waals surface area contributed by atoms with E-state index in [2.05, 4.69) is 26.1 Å². The maximum absolute atomic E-state index is 13.1. The number of rotatable bonds is 3. The summed E-state index contributed by atoms with van der Waals surface area (Å²) in [6.07, 6.45) is 1.34. The van der Waals surface area contributed by atoms with Crippen LogP contribution in [-0.4, -0.2) is 41.5 Å². The Morgan fingerprint density at radius 3 is 2.62 bits per heavy atom. The molecule has 1 aromatic carbocycles. The van der Waals surface area contributed by atoms with E-state index in [4.69, 9.17) is 18.0 Å². The van der Waals surface area contributed by atoms with E-state index < -0.39 is 11.4 Å². The summed E-state index contributed by atoms with van der Waals surface area (Å²) in [5.41, 5.74) is 5.56. The first-order valence-corrected chi connectivity index (χ1v) is 7.80. The summed E-state index contributed by atoms with van der Waals surface area (Å²) in [5.74, 6) is -0.707. The standard InChI is InChI=1S/C14H17BrFN3OS/c1-19-6-4-14(5-7-19,13(17)21)18-12(20)10-3-2-9(16)8-11(10)15/h2-3,8H,4-7H2,1H3,(H2,17,21)(H,18,20). The average molecular weight is 374 g/mol. The van der Waals surface area contributed by atoms with Crippen molar-refractivity contribution in [3.8, 4) is 0 Å². The number of benzene rings is 1. The Labute approximate surface area is 137 Å². The van der Waals surface area contributed by atoms with Gasteiger partial charge in [0.15, 0.2) is 0 Å². The SMILES string of the molecule is CN1CCC(NC(=O)c2ccc(F)cc2Br)(C(N)=S)CC1. The van der Waals surface area contributed by atoms with Crippen LogP contribution in [0, 0.1) is 5.82 Å². The smallest absolute Gasteiger partial charge is 0.253 e. The van der Waals surface area contributed by atoms with Crippen molar-refractivity contribution in [3.63, 3.8) is 0 Å². The normalized spacial score (nSPS) is 18.2. The number of halogens is 2. The van der Waals surface area contributed by atoms with E-state index in [0.29, 0.717) is 27.9 Å². The van der Waals surface area contributed by atoms with Crippen LogP contribution in [0.3, 0.4) is 0 Å². The zero-order chi connectivity index (χ0) is 15.6. The Balaban J connectivity index is 2.21. The lowest BCUT2D eigenvalue weighted by molar-refractivity contribution is 0.0889. The van der Waals surface area contributed by atoms with Crippen LogP contribution in [0.5, 0.6) is 0 Å². The van der Waals surface area contributed by atoms with Gasteiger partial charge in [0.25, 0.3) is 5.91 Å². The monoisotopic (exact) mass is 373 g/mol. The largest absolute Gasteiger partial charge is 0.391 e. The average Bonchev–Trinajstić information content (AvgIpc) is 2.41. The summed E-state index contributed by atoms with van der Waals surface area (Å²) in [5, 5.41) is 2.94. The van der Waals surface area contributed by atoms with Crippen LogP contribution in [-0.2, 0) is 0 Å². The molecule has 0 spiro atoms. The molecule has 1 fully saturated rings. The number of amides is 1. The third kappa shape index (κ3) is 3.59. The quantitative estimate of drug-likeness (QED) is 0.796. The van der Waals surface area contributed by atoms with Crippen LogP contribution in [0.4, 0.5) is 4.39 Å². The van der Waals surface area contributed by atoms with Crippen LogP contribution < -0.4 is 11.1 Å². The van der Waals surface area contributed by atoms with E-state index in [9.17, 15) is 9.18 Å². The van der Waals surface area contributed by atoms with Crippen molar-refractivity contribution in [3.05, 3.63) is 34.1 Å². The molecule has 0 aliphatic carbocycles. The summed E-state index contributed by atoms with van der Waals surface area (Å²) in [6, 6.07) is 3.95. The van der Waals surface area contributed by atoms with Gasteiger partial charge in [-0.3, -0.25) is 4.79 Å². The molecule has 0 radical (unpaired) electrons. The molecule has 0 bridgehead atoms. The van der Waals surface area contributed by atoms with Crippen molar-refractivity contribution < 1.29 is 9.18 Å². The Bertz CT molecular complexity index is 573. The minimum atomic E-state index is -0.674. The van der Waals surface area contributed by atoms with Gasteiger partial charge in [0, 0.05) is 17.6 Å². The first kappa shape index (κ1) is 16.3. The fourth-order valence-corrected chi connectivity index (χ4v) is 3.18. The van der Waals surface area contributed by atoms with E-state index >= 15 is 0 Å². The van der Waals surface area contributed by atoms with Crippen molar-refractivity contribution in [1.29, 1.82) is 0 Å². The molecule has 1 aromatic rings. The van der Waals surface area contributed by atoms with E-state index in [1.807, 2.05) is 7.05 Å². The number of hydrogen-bond donors (Lipinski definition) is 2. The zero-order valence-corrected chi connectivity index (χ0v) is 14.1. The second-order valence-electron chi connectivity index (χ2n) is 5.33. The third-order valence-corrected chi connectivity index (χ3v) is 4.89. The summed E-state index contributed by atoms with van der Waals surface area (Å²) < 4.78 is 13.5. The predicted octanol–water partition coefficient (Wildman–Crippen LogP) is 2.07. The molecule has 114 valence electrons. The van der Waals surface area contributed by atoms with Gasteiger partial charge in [-0.25, -0.2) is 4.39 Å². The lowest BCUT2D eigenvalue weighted by Crippen LogP contribution is -2.61. The van der Waals surface area contributed by atoms with Crippen molar-refractivity contribution in [1.82, 2.24) is 10.2 Å². The van der Waals surface area contributed by atoms with Gasteiger partial charge in [0.2, 0.25) is 0 Å². The highest BCUT2D eigenvalue weighted by Crippen LogP contribution is 2.24. The van der Waals surface area contributed by atoms with Gasteiger partial charge in [-0.15, -0.1) is 0 Å². The number of carbonyl (C=O) groups is 1. The molecule has 3 N–H and O–H groups in total. The van der Waals surface area contributed by atoms with E-state index in [0.717, 1.165) is 13.1 Å². The number of nitrogens with one attached hydrogen (secondary N) is 1. The molecular weight excluding hydrogens is 357 g/mol. The lowest BCUT2D eigenvalue weighted by atomic mass is 9.87. The fraction of sp³-hybridized carbons (Fsp3) is 0.429. The molecule has 21 heavy (non-hydrogen) atoms. The Hall–Kier alpha value is -1.05. The molecule has 1 amide bonds. The van der Waals surface area contributed by atoms with Crippen LogP contribution >= 0.6 is 28.1 Å². The lowest BCUT2D eigenvalue weighted by Gasteiger charge is -2.40. The van der Waals surface area contributed by atoms with Crippen molar-refractivity contribution in [2.45, 2.75) is 18.4 Å². The van der Waals surface area contributed by atoms with E-state index in [-0.39, 0.29) is 5.91 Å². The number of hydrogen-bond acceptors (Lipinski definition) is 3. The van der Waals surface area contributed by atoms with Crippen molar-refractivity contribution >= 4 is 39.0 Å². The van der Waals surface area contributed by atoms with Gasteiger partial charge in [0.05, 0.1) is 16.1 Å². The van der Waals surface area contributed by atoms with Gasteiger partial charge >= 0.3 is 0 Å². The molecule has 0 saturated carbocycles. The first-order chi connectivity index (χ1) is 9.84. The maximum Gasteiger partial charge on any atom is 0.253 e. The van der Waals surface area contributed by atoms with Crippen molar-refractivity contribution in [2.24, 2.45) is 5.73 Å². The highest BCUT2D eigenvalue weighted by molar-refractivity contribution is 9.10. The maximum atomic E-state index is 13.1. The summed E-state index contributed by atoms with van der Waals surface area (Å²) >= 11 is 8.36. The second-order valence-corrected chi connectivity index (χ2v) is 6.62. The van der Waals surface area contributed by atoms with Gasteiger partial charge < -0.3 is 16.0 Å². The number of likely N-dealkylation sites (tertiary alicyclic amines) is 1. The molecule has 1 aliphatic heterocycles. The fourth-order valence-electron chi connectivity index (χ4n) is 2.39. The van der Waals surface area contributed by atoms with Crippen LogP contribution in [0.1, 0.15) is 23.2 Å². The second kappa shape index (κ2) is 6.37. The Morgan fingerprint density at radius 1 is 1.48 bits per heavy atom. The third-order valence-electron chi connectivity index (χ3n) is 3.84. The molecule has 1 aliphatic rings.